The van der Waals surface area contributed by atoms with Crippen molar-refractivity contribution in [1.82, 2.24) is 4.57 Å². The van der Waals surface area contributed by atoms with E-state index in [1.807, 2.05) is 11.3 Å². The molecule has 2 nitrogen and oxygen atoms in total. The molecule has 0 aliphatic heterocycles. The third-order valence-electron chi connectivity index (χ3n) is 10.9. The molecule has 0 fully saturated rings. The molecule has 0 N–H and O–H groups in total. The lowest BCUT2D eigenvalue weighted by atomic mass is 10.00. The standard InChI is InChI=1S/C52H34N2S/c1-3-13-35(14-4-1)37-16-11-20-41(31-37)53(43-27-30-51-47(34-43)45-23-9-10-24-50(45)55-51)42-21-12-17-38(32-42)39-25-28-46-49(33-39)54(40-18-5-2-6-19-40)48-29-26-36-15-7-8-22-44(36)52(46)48/h1-34H. The monoisotopic (exact) mass is 718 g/mol. The van der Waals surface area contributed by atoms with Gasteiger partial charge in [0, 0.05) is 53.7 Å². The predicted octanol–water partition coefficient (Wildman–Crippen LogP) is 15.1. The Labute approximate surface area is 323 Å². The van der Waals surface area contributed by atoms with E-state index in [1.165, 1.54) is 75.0 Å². The van der Waals surface area contributed by atoms with E-state index in [9.17, 15) is 0 Å². The number of aromatic nitrogens is 1. The molecular weight excluding hydrogens is 685 g/mol. The molecule has 0 aliphatic rings. The highest BCUT2D eigenvalue weighted by Crippen LogP contribution is 2.43. The molecule has 0 unspecified atom stereocenters. The maximum atomic E-state index is 2.42. The van der Waals surface area contributed by atoms with E-state index in [0.717, 1.165) is 22.7 Å². The molecular formula is C52H34N2S. The zero-order valence-corrected chi connectivity index (χ0v) is 30.7. The molecule has 11 aromatic rings. The number of hydrogen-bond donors (Lipinski definition) is 0. The van der Waals surface area contributed by atoms with Crippen LogP contribution in [-0.2, 0) is 0 Å². The molecule has 0 aliphatic carbocycles. The van der Waals surface area contributed by atoms with Crippen molar-refractivity contribution in [3.63, 3.8) is 0 Å². The highest BCUT2D eigenvalue weighted by molar-refractivity contribution is 7.25. The van der Waals surface area contributed by atoms with Crippen LogP contribution in [0.1, 0.15) is 0 Å². The van der Waals surface area contributed by atoms with Crippen molar-refractivity contribution in [1.29, 1.82) is 0 Å². The minimum absolute atomic E-state index is 1.11. The van der Waals surface area contributed by atoms with Gasteiger partial charge in [-0.25, -0.2) is 0 Å². The lowest BCUT2D eigenvalue weighted by molar-refractivity contribution is 1.18. The van der Waals surface area contributed by atoms with Crippen molar-refractivity contribution >= 4 is 81.1 Å². The normalized spacial score (nSPS) is 11.6. The molecule has 0 saturated heterocycles. The first-order chi connectivity index (χ1) is 27.3. The van der Waals surface area contributed by atoms with Crippen LogP contribution in [0.3, 0.4) is 0 Å². The van der Waals surface area contributed by atoms with E-state index < -0.39 is 0 Å². The Morgan fingerprint density at radius 2 is 0.964 bits per heavy atom. The first-order valence-electron chi connectivity index (χ1n) is 18.8. The number of para-hydroxylation sites is 1. The van der Waals surface area contributed by atoms with E-state index in [0.29, 0.717) is 0 Å². The van der Waals surface area contributed by atoms with Gasteiger partial charge in [-0.2, -0.15) is 0 Å². The lowest BCUT2D eigenvalue weighted by Crippen LogP contribution is -2.10. The Bertz CT molecular complexity index is 3210. The summed E-state index contributed by atoms with van der Waals surface area (Å²) in [6.07, 6.45) is 0. The van der Waals surface area contributed by atoms with Gasteiger partial charge < -0.3 is 9.47 Å². The van der Waals surface area contributed by atoms with E-state index in [1.54, 1.807) is 0 Å². The van der Waals surface area contributed by atoms with Crippen molar-refractivity contribution in [2.45, 2.75) is 0 Å². The summed E-state index contributed by atoms with van der Waals surface area (Å²) in [6, 6.07) is 75.2. The van der Waals surface area contributed by atoms with Gasteiger partial charge in [-0.15, -0.1) is 11.3 Å². The number of nitrogens with zero attached hydrogens (tertiary/aromatic N) is 2. The predicted molar refractivity (Wildman–Crippen MR) is 237 cm³/mol. The van der Waals surface area contributed by atoms with E-state index in [2.05, 4.69) is 216 Å². The van der Waals surface area contributed by atoms with Gasteiger partial charge in [0.1, 0.15) is 0 Å². The molecule has 0 amide bonds. The zero-order chi connectivity index (χ0) is 36.3. The van der Waals surface area contributed by atoms with Gasteiger partial charge in [-0.3, -0.25) is 0 Å². The number of fused-ring (bicyclic) bond motifs is 8. The van der Waals surface area contributed by atoms with Crippen LogP contribution < -0.4 is 4.90 Å². The number of benzene rings is 9. The van der Waals surface area contributed by atoms with E-state index in [4.69, 9.17) is 0 Å². The van der Waals surface area contributed by atoms with Crippen LogP contribution >= 0.6 is 11.3 Å². The maximum absolute atomic E-state index is 2.42. The average Bonchev–Trinajstić information content (AvgIpc) is 3.80. The van der Waals surface area contributed by atoms with Gasteiger partial charge in [-0.05, 0) is 106 Å². The van der Waals surface area contributed by atoms with Crippen molar-refractivity contribution in [2.75, 3.05) is 4.90 Å². The van der Waals surface area contributed by atoms with E-state index in [-0.39, 0.29) is 0 Å². The second-order valence-corrected chi connectivity index (χ2v) is 15.2. The van der Waals surface area contributed by atoms with Gasteiger partial charge in [0.2, 0.25) is 0 Å². The number of thiophene rings is 1. The van der Waals surface area contributed by atoms with Crippen LogP contribution in [0.15, 0.2) is 206 Å². The minimum atomic E-state index is 1.11. The highest BCUT2D eigenvalue weighted by Gasteiger charge is 2.19. The van der Waals surface area contributed by atoms with Crippen molar-refractivity contribution < 1.29 is 0 Å². The molecule has 55 heavy (non-hydrogen) atoms. The Morgan fingerprint density at radius 1 is 0.345 bits per heavy atom. The fourth-order valence-electron chi connectivity index (χ4n) is 8.40. The number of rotatable bonds is 6. The van der Waals surface area contributed by atoms with Gasteiger partial charge >= 0.3 is 0 Å². The van der Waals surface area contributed by atoms with Gasteiger partial charge in [0.25, 0.3) is 0 Å². The summed E-state index contributed by atoms with van der Waals surface area (Å²) in [7, 11) is 0. The smallest absolute Gasteiger partial charge is 0.0547 e. The molecule has 258 valence electrons. The minimum Gasteiger partial charge on any atom is -0.310 e. The molecule has 0 atom stereocenters. The second kappa shape index (κ2) is 12.9. The summed E-state index contributed by atoms with van der Waals surface area (Å²) < 4.78 is 5.03. The van der Waals surface area contributed by atoms with Crippen molar-refractivity contribution in [3.8, 4) is 27.9 Å². The number of anilines is 3. The van der Waals surface area contributed by atoms with Crippen LogP contribution in [-0.4, -0.2) is 4.57 Å². The van der Waals surface area contributed by atoms with Crippen LogP contribution in [0.25, 0.3) is 80.7 Å². The zero-order valence-electron chi connectivity index (χ0n) is 29.9. The van der Waals surface area contributed by atoms with Crippen LogP contribution in [0.5, 0.6) is 0 Å². The van der Waals surface area contributed by atoms with Crippen LogP contribution in [0.4, 0.5) is 17.1 Å². The third kappa shape index (κ3) is 5.32. The largest absolute Gasteiger partial charge is 0.310 e. The summed E-state index contributed by atoms with van der Waals surface area (Å²) in [5.74, 6) is 0. The molecule has 0 bridgehead atoms. The van der Waals surface area contributed by atoms with E-state index >= 15 is 0 Å². The third-order valence-corrected chi connectivity index (χ3v) is 12.1. The molecule has 11 rings (SSSR count). The van der Waals surface area contributed by atoms with Crippen LogP contribution in [0.2, 0.25) is 0 Å². The average molecular weight is 719 g/mol. The first-order valence-corrected chi connectivity index (χ1v) is 19.6. The Balaban J connectivity index is 1.11. The Hall–Kier alpha value is -6.94. The molecule has 9 aromatic carbocycles. The summed E-state index contributed by atoms with van der Waals surface area (Å²) in [4.78, 5) is 2.41. The summed E-state index contributed by atoms with van der Waals surface area (Å²) in [5.41, 5.74) is 11.7. The molecule has 0 saturated carbocycles. The summed E-state index contributed by atoms with van der Waals surface area (Å²) >= 11 is 1.85. The fraction of sp³-hybridized carbons (Fsp3) is 0. The highest BCUT2D eigenvalue weighted by atomic mass is 32.1. The summed E-state index contributed by atoms with van der Waals surface area (Å²) in [5, 5.41) is 7.66. The Morgan fingerprint density at radius 3 is 1.76 bits per heavy atom. The van der Waals surface area contributed by atoms with Gasteiger partial charge in [0.05, 0.1) is 11.0 Å². The van der Waals surface area contributed by atoms with Crippen molar-refractivity contribution in [2.24, 2.45) is 0 Å². The molecule has 3 heteroatoms. The summed E-state index contributed by atoms with van der Waals surface area (Å²) in [6.45, 7) is 0. The van der Waals surface area contributed by atoms with Crippen LogP contribution in [0, 0.1) is 0 Å². The number of hydrogen-bond acceptors (Lipinski definition) is 2. The second-order valence-electron chi connectivity index (χ2n) is 14.2. The molecule has 2 heterocycles. The quantitative estimate of drug-likeness (QED) is 0.166. The molecule has 2 aromatic heterocycles. The SMILES string of the molecule is c1ccc(-c2cccc(N(c3cccc(-c4ccc5c6c7ccccc7ccc6n(-c6ccccc6)c5c4)c3)c3ccc4sc5ccccc5c4c3)c2)cc1. The molecule has 0 radical (unpaired) electrons. The maximum Gasteiger partial charge on any atom is 0.0547 e. The van der Waals surface area contributed by atoms with Crippen molar-refractivity contribution in [3.05, 3.63) is 206 Å². The van der Waals surface area contributed by atoms with Gasteiger partial charge in [0.15, 0.2) is 0 Å². The Kier molecular flexibility index (Phi) is 7.39. The first kappa shape index (κ1) is 31.6. The molecule has 0 spiro atoms. The lowest BCUT2D eigenvalue weighted by Gasteiger charge is -2.27. The fourth-order valence-corrected chi connectivity index (χ4v) is 9.49. The van der Waals surface area contributed by atoms with Gasteiger partial charge in [-0.1, -0.05) is 133 Å². The topological polar surface area (TPSA) is 8.17 Å².